The maximum atomic E-state index is 12.6. The van der Waals surface area contributed by atoms with Crippen molar-refractivity contribution in [2.45, 2.75) is 45.8 Å². The highest BCUT2D eigenvalue weighted by Gasteiger charge is 2.31. The van der Waals surface area contributed by atoms with Crippen LogP contribution in [0.1, 0.15) is 34.1 Å². The predicted molar refractivity (Wildman–Crippen MR) is 108 cm³/mol. The lowest BCUT2D eigenvalue weighted by Crippen LogP contribution is -2.54. The van der Waals surface area contributed by atoms with E-state index >= 15 is 0 Å². The first kappa shape index (κ1) is 21.6. The number of hydrogen-bond acceptors (Lipinski definition) is 4. The SMILES string of the molecule is C[C@H]1CCN(C(=O)CNc2cc(Cl)cc(Cl)c2)C[C@@H]1NC(=O)OC(C)(C)C. The average Bonchev–Trinajstić information content (AvgIpc) is 2.52. The summed E-state index contributed by atoms with van der Waals surface area (Å²) in [6.45, 7) is 8.77. The first-order chi connectivity index (χ1) is 12.5. The van der Waals surface area contributed by atoms with Crippen LogP contribution < -0.4 is 10.6 Å². The van der Waals surface area contributed by atoms with Crippen LogP contribution in [0.4, 0.5) is 10.5 Å². The summed E-state index contributed by atoms with van der Waals surface area (Å²) in [5, 5.41) is 6.95. The van der Waals surface area contributed by atoms with Crippen LogP contribution in [0.5, 0.6) is 0 Å². The quantitative estimate of drug-likeness (QED) is 0.773. The summed E-state index contributed by atoms with van der Waals surface area (Å²) in [5.74, 6) is 0.218. The third-order valence-electron chi connectivity index (χ3n) is 4.32. The summed E-state index contributed by atoms with van der Waals surface area (Å²) in [7, 11) is 0. The lowest BCUT2D eigenvalue weighted by atomic mass is 9.93. The number of amides is 2. The number of likely N-dealkylation sites (tertiary alicyclic amines) is 1. The fourth-order valence-corrected chi connectivity index (χ4v) is 3.41. The van der Waals surface area contributed by atoms with Crippen LogP contribution >= 0.6 is 23.2 Å². The number of piperidine rings is 1. The second-order valence-electron chi connectivity index (χ2n) is 7.87. The Hall–Kier alpha value is -1.66. The maximum Gasteiger partial charge on any atom is 0.407 e. The number of ether oxygens (including phenoxy) is 1. The molecule has 0 bridgehead atoms. The Labute approximate surface area is 170 Å². The number of nitrogens with zero attached hydrogens (tertiary/aromatic N) is 1. The number of anilines is 1. The van der Waals surface area contributed by atoms with Crippen molar-refractivity contribution in [1.29, 1.82) is 0 Å². The van der Waals surface area contributed by atoms with Crippen LogP contribution in [-0.2, 0) is 9.53 Å². The van der Waals surface area contributed by atoms with Gasteiger partial charge < -0.3 is 20.3 Å². The summed E-state index contributed by atoms with van der Waals surface area (Å²) >= 11 is 11.9. The topological polar surface area (TPSA) is 70.7 Å². The second-order valence-corrected chi connectivity index (χ2v) is 8.74. The van der Waals surface area contributed by atoms with Gasteiger partial charge in [-0.2, -0.15) is 0 Å². The van der Waals surface area contributed by atoms with Crippen molar-refractivity contribution in [1.82, 2.24) is 10.2 Å². The van der Waals surface area contributed by atoms with Gasteiger partial charge in [0.2, 0.25) is 5.91 Å². The van der Waals surface area contributed by atoms with E-state index in [1.165, 1.54) is 0 Å². The second kappa shape index (κ2) is 9.02. The fraction of sp³-hybridized carbons (Fsp3) is 0.579. The van der Waals surface area contributed by atoms with Gasteiger partial charge >= 0.3 is 6.09 Å². The standard InChI is InChI=1S/C19H27Cl2N3O3/c1-12-5-6-24(11-16(12)23-18(26)27-19(2,3)4)17(25)10-22-15-8-13(20)7-14(21)9-15/h7-9,12,16,22H,5-6,10-11H2,1-4H3,(H,23,26)/t12-,16-/m0/s1. The van der Waals surface area contributed by atoms with E-state index in [4.69, 9.17) is 27.9 Å². The van der Waals surface area contributed by atoms with E-state index < -0.39 is 11.7 Å². The van der Waals surface area contributed by atoms with E-state index in [1.807, 2.05) is 20.8 Å². The van der Waals surface area contributed by atoms with Gasteiger partial charge in [0.15, 0.2) is 0 Å². The average molecular weight is 416 g/mol. The minimum absolute atomic E-state index is 0.0472. The van der Waals surface area contributed by atoms with Gasteiger partial charge in [-0.15, -0.1) is 0 Å². The molecule has 0 aromatic heterocycles. The van der Waals surface area contributed by atoms with Crippen LogP contribution in [0.15, 0.2) is 18.2 Å². The highest BCUT2D eigenvalue weighted by Crippen LogP contribution is 2.23. The molecule has 6 nitrogen and oxygen atoms in total. The Morgan fingerprint density at radius 2 is 1.85 bits per heavy atom. The molecule has 0 saturated carbocycles. The molecule has 2 rings (SSSR count). The van der Waals surface area contributed by atoms with Crippen molar-refractivity contribution in [3.05, 3.63) is 28.2 Å². The number of carbonyl (C=O) groups excluding carboxylic acids is 2. The van der Waals surface area contributed by atoms with Gasteiger partial charge in [-0.05, 0) is 51.3 Å². The molecule has 8 heteroatoms. The molecule has 0 spiro atoms. The molecule has 27 heavy (non-hydrogen) atoms. The first-order valence-electron chi connectivity index (χ1n) is 9.01. The fourth-order valence-electron chi connectivity index (χ4n) is 2.89. The van der Waals surface area contributed by atoms with Crippen LogP contribution in [0.3, 0.4) is 0 Å². The Morgan fingerprint density at radius 1 is 1.22 bits per heavy atom. The van der Waals surface area contributed by atoms with Crippen LogP contribution in [0.2, 0.25) is 10.0 Å². The third kappa shape index (κ3) is 7.11. The molecule has 1 aromatic carbocycles. The van der Waals surface area contributed by atoms with Gasteiger partial charge in [-0.1, -0.05) is 30.1 Å². The minimum atomic E-state index is -0.556. The molecule has 2 atom stereocenters. The molecular formula is C19H27Cl2N3O3. The van der Waals surface area contributed by atoms with Gasteiger partial charge in [-0.25, -0.2) is 4.79 Å². The van der Waals surface area contributed by atoms with E-state index in [0.29, 0.717) is 28.8 Å². The summed E-state index contributed by atoms with van der Waals surface area (Å²) in [6, 6.07) is 4.92. The summed E-state index contributed by atoms with van der Waals surface area (Å²) in [5.41, 5.74) is 0.134. The van der Waals surface area contributed by atoms with E-state index in [9.17, 15) is 9.59 Å². The zero-order valence-electron chi connectivity index (χ0n) is 16.1. The van der Waals surface area contributed by atoms with Crippen molar-refractivity contribution in [3.8, 4) is 0 Å². The van der Waals surface area contributed by atoms with Crippen molar-refractivity contribution >= 4 is 40.9 Å². The summed E-state index contributed by atoms with van der Waals surface area (Å²) in [4.78, 5) is 26.4. The number of carbonyl (C=O) groups is 2. The Balaban J connectivity index is 1.90. The van der Waals surface area contributed by atoms with Crippen molar-refractivity contribution in [2.24, 2.45) is 5.92 Å². The number of halogens is 2. The molecule has 0 aliphatic carbocycles. The zero-order valence-corrected chi connectivity index (χ0v) is 17.7. The van der Waals surface area contributed by atoms with Crippen LogP contribution in [-0.4, -0.2) is 48.2 Å². The Kier molecular flexibility index (Phi) is 7.23. The van der Waals surface area contributed by atoms with Gasteiger partial charge in [0.1, 0.15) is 5.60 Å². The molecule has 0 radical (unpaired) electrons. The highest BCUT2D eigenvalue weighted by molar-refractivity contribution is 6.35. The third-order valence-corrected chi connectivity index (χ3v) is 4.76. The minimum Gasteiger partial charge on any atom is -0.444 e. The number of hydrogen-bond donors (Lipinski definition) is 2. The number of nitrogens with one attached hydrogen (secondary N) is 2. The molecular weight excluding hydrogens is 389 g/mol. The van der Waals surface area contributed by atoms with Gasteiger partial charge in [-0.3, -0.25) is 4.79 Å². The molecule has 150 valence electrons. The summed E-state index contributed by atoms with van der Waals surface area (Å²) in [6.07, 6.45) is 0.357. The van der Waals surface area contributed by atoms with E-state index in [2.05, 4.69) is 17.6 Å². The number of rotatable bonds is 4. The lowest BCUT2D eigenvalue weighted by molar-refractivity contribution is -0.131. The number of benzene rings is 1. The van der Waals surface area contributed by atoms with Crippen LogP contribution in [0.25, 0.3) is 0 Å². The van der Waals surface area contributed by atoms with Gasteiger partial charge in [0, 0.05) is 28.8 Å². The smallest absolute Gasteiger partial charge is 0.407 e. The van der Waals surface area contributed by atoms with E-state index in [1.54, 1.807) is 23.1 Å². The Bertz CT molecular complexity index is 671. The molecule has 0 unspecified atom stereocenters. The monoisotopic (exact) mass is 415 g/mol. The van der Waals surface area contributed by atoms with E-state index in [0.717, 1.165) is 6.42 Å². The largest absolute Gasteiger partial charge is 0.444 e. The highest BCUT2D eigenvalue weighted by atomic mass is 35.5. The molecule has 2 N–H and O–H groups in total. The van der Waals surface area contributed by atoms with Crippen molar-refractivity contribution in [2.75, 3.05) is 25.0 Å². The normalized spacial score (nSPS) is 20.1. The molecule has 1 aliphatic rings. The molecule has 1 aliphatic heterocycles. The first-order valence-corrected chi connectivity index (χ1v) is 9.76. The zero-order chi connectivity index (χ0) is 20.2. The molecule has 1 fully saturated rings. The molecule has 1 heterocycles. The van der Waals surface area contributed by atoms with Crippen molar-refractivity contribution < 1.29 is 14.3 Å². The van der Waals surface area contributed by atoms with Crippen LogP contribution in [0, 0.1) is 5.92 Å². The molecule has 1 saturated heterocycles. The summed E-state index contributed by atoms with van der Waals surface area (Å²) < 4.78 is 5.32. The predicted octanol–water partition coefficient (Wildman–Crippen LogP) is 4.17. The number of alkyl carbamates (subject to hydrolysis) is 1. The molecule has 1 aromatic rings. The lowest BCUT2D eigenvalue weighted by Gasteiger charge is -2.37. The van der Waals surface area contributed by atoms with Crippen molar-refractivity contribution in [3.63, 3.8) is 0 Å². The van der Waals surface area contributed by atoms with E-state index in [-0.39, 0.29) is 24.4 Å². The maximum absolute atomic E-state index is 12.6. The Morgan fingerprint density at radius 3 is 2.44 bits per heavy atom. The van der Waals surface area contributed by atoms with Gasteiger partial charge in [0.05, 0.1) is 12.6 Å². The molecule has 2 amide bonds. The van der Waals surface area contributed by atoms with Gasteiger partial charge in [0.25, 0.3) is 0 Å².